The molecule has 0 bridgehead atoms. The Morgan fingerprint density at radius 3 is 2.26 bits per heavy atom. The van der Waals surface area contributed by atoms with Crippen LogP contribution < -0.4 is 5.32 Å². The summed E-state index contributed by atoms with van der Waals surface area (Å²) in [4.78, 5) is 24.2. The fourth-order valence-electron chi connectivity index (χ4n) is 2.38. The van der Waals surface area contributed by atoms with Crippen LogP contribution in [-0.4, -0.2) is 38.5 Å². The molecular weight excluding hydrogens is 371 g/mol. The molecule has 144 valence electrons. The lowest BCUT2D eigenvalue weighted by Gasteiger charge is -2.15. The van der Waals surface area contributed by atoms with Crippen LogP contribution in [0.5, 0.6) is 0 Å². The van der Waals surface area contributed by atoms with Crippen molar-refractivity contribution < 1.29 is 22.4 Å². The van der Waals surface area contributed by atoms with E-state index in [0.717, 1.165) is 4.31 Å². The highest BCUT2D eigenvalue weighted by Gasteiger charge is 2.20. The van der Waals surface area contributed by atoms with E-state index in [2.05, 4.69) is 5.32 Å². The van der Waals surface area contributed by atoms with E-state index in [9.17, 15) is 22.4 Å². The summed E-state index contributed by atoms with van der Waals surface area (Å²) in [5.74, 6) is -1.13. The Labute approximate surface area is 158 Å². The number of carbonyl (C=O) groups excluding carboxylic acids is 2. The van der Waals surface area contributed by atoms with Crippen LogP contribution in [0.25, 0.3) is 0 Å². The second-order valence-corrected chi connectivity index (χ2v) is 8.37. The first kappa shape index (κ1) is 20.7. The van der Waals surface area contributed by atoms with Gasteiger partial charge in [0.05, 0.1) is 4.90 Å². The van der Waals surface area contributed by atoms with E-state index < -0.39 is 21.7 Å². The maximum absolute atomic E-state index is 12.9. The van der Waals surface area contributed by atoms with Crippen molar-refractivity contribution in [2.75, 3.05) is 19.4 Å². The van der Waals surface area contributed by atoms with Crippen LogP contribution in [0.4, 0.5) is 10.1 Å². The number of benzene rings is 2. The Kier molecular flexibility index (Phi) is 6.45. The fraction of sp³-hybridized carbons (Fsp3) is 0.263. The molecule has 0 radical (unpaired) electrons. The highest BCUT2D eigenvalue weighted by molar-refractivity contribution is 7.89. The number of nitrogens with one attached hydrogen (secondary N) is 1. The summed E-state index contributed by atoms with van der Waals surface area (Å²) in [5.41, 5.74) is 1.23. The van der Waals surface area contributed by atoms with E-state index in [1.165, 1.54) is 44.4 Å². The second kappa shape index (κ2) is 8.41. The minimum absolute atomic E-state index is 0.0355. The van der Waals surface area contributed by atoms with E-state index in [0.29, 0.717) is 16.8 Å². The molecule has 0 aliphatic heterocycles. The Bertz CT molecular complexity index is 954. The largest absolute Gasteiger partial charge is 0.326 e. The number of hydrogen-bond donors (Lipinski definition) is 1. The summed E-state index contributed by atoms with van der Waals surface area (Å²) < 4.78 is 38.6. The van der Waals surface area contributed by atoms with Gasteiger partial charge in [0.25, 0.3) is 0 Å². The van der Waals surface area contributed by atoms with Crippen LogP contribution in [0.15, 0.2) is 47.4 Å². The van der Waals surface area contributed by atoms with Crippen molar-refractivity contribution >= 4 is 27.4 Å². The lowest BCUT2D eigenvalue weighted by atomic mass is 10.1. The topological polar surface area (TPSA) is 83.5 Å². The minimum atomic E-state index is -3.63. The number of nitrogens with zero attached hydrogens (tertiary/aromatic N) is 1. The van der Waals surface area contributed by atoms with Crippen LogP contribution in [0.3, 0.4) is 0 Å². The quantitative estimate of drug-likeness (QED) is 0.735. The third-order valence-corrected chi connectivity index (χ3v) is 5.93. The van der Waals surface area contributed by atoms with E-state index in [1.54, 1.807) is 19.1 Å². The van der Waals surface area contributed by atoms with Crippen molar-refractivity contribution in [3.05, 3.63) is 59.4 Å². The first-order valence-corrected chi connectivity index (χ1v) is 9.67. The Balaban J connectivity index is 2.04. The summed E-state index contributed by atoms with van der Waals surface area (Å²) in [6.07, 6.45) is -0.105. The molecule has 2 aromatic carbocycles. The number of amides is 1. The molecule has 6 nitrogen and oxygen atoms in total. The molecule has 27 heavy (non-hydrogen) atoms. The van der Waals surface area contributed by atoms with Gasteiger partial charge in [-0.3, -0.25) is 9.59 Å². The maximum Gasteiger partial charge on any atom is 0.242 e. The zero-order chi connectivity index (χ0) is 20.2. The molecule has 0 aliphatic carbocycles. The molecule has 0 saturated heterocycles. The monoisotopic (exact) mass is 392 g/mol. The van der Waals surface area contributed by atoms with Crippen LogP contribution in [0, 0.1) is 12.7 Å². The van der Waals surface area contributed by atoms with E-state index in [1.807, 2.05) is 0 Å². The average Bonchev–Trinajstić information content (AvgIpc) is 2.61. The van der Waals surface area contributed by atoms with Gasteiger partial charge in [-0.2, -0.15) is 0 Å². The Hall–Kier alpha value is -2.58. The number of anilines is 1. The molecule has 0 saturated carbocycles. The number of ketones is 1. The highest BCUT2D eigenvalue weighted by atomic mass is 32.2. The molecule has 0 atom stereocenters. The van der Waals surface area contributed by atoms with Gasteiger partial charge in [0, 0.05) is 38.2 Å². The fourth-order valence-corrected chi connectivity index (χ4v) is 3.53. The molecule has 1 N–H and O–H groups in total. The van der Waals surface area contributed by atoms with Gasteiger partial charge >= 0.3 is 0 Å². The Morgan fingerprint density at radius 2 is 1.67 bits per heavy atom. The summed E-state index contributed by atoms with van der Waals surface area (Å²) in [6, 6.07) is 9.71. The molecular formula is C19H21FN2O4S. The lowest BCUT2D eigenvalue weighted by molar-refractivity contribution is -0.116. The summed E-state index contributed by atoms with van der Waals surface area (Å²) >= 11 is 0. The molecule has 2 rings (SSSR count). The van der Waals surface area contributed by atoms with Crippen molar-refractivity contribution in [1.82, 2.24) is 4.31 Å². The Morgan fingerprint density at radius 1 is 1.04 bits per heavy atom. The van der Waals surface area contributed by atoms with E-state index in [4.69, 9.17) is 0 Å². The van der Waals surface area contributed by atoms with Crippen molar-refractivity contribution in [3.63, 3.8) is 0 Å². The van der Waals surface area contributed by atoms with E-state index in [-0.39, 0.29) is 23.5 Å². The zero-order valence-corrected chi connectivity index (χ0v) is 16.1. The lowest BCUT2D eigenvalue weighted by Crippen LogP contribution is -2.23. The van der Waals surface area contributed by atoms with Crippen LogP contribution >= 0.6 is 0 Å². The highest BCUT2D eigenvalue weighted by Crippen LogP contribution is 2.22. The number of hydrogen-bond acceptors (Lipinski definition) is 4. The van der Waals surface area contributed by atoms with Crippen LogP contribution in [-0.2, 0) is 14.8 Å². The normalized spacial score (nSPS) is 11.4. The van der Waals surface area contributed by atoms with Gasteiger partial charge in [0.1, 0.15) is 5.82 Å². The molecule has 0 heterocycles. The van der Waals surface area contributed by atoms with Gasteiger partial charge in [0.15, 0.2) is 5.78 Å². The first-order valence-electron chi connectivity index (χ1n) is 8.23. The molecule has 8 heteroatoms. The third kappa shape index (κ3) is 5.21. The number of Topliss-reactive ketones (excluding diaryl/α,β-unsaturated/α-hetero) is 1. The van der Waals surface area contributed by atoms with Crippen molar-refractivity contribution in [2.45, 2.75) is 24.7 Å². The van der Waals surface area contributed by atoms with Gasteiger partial charge in [-0.05, 0) is 48.9 Å². The molecule has 0 aromatic heterocycles. The van der Waals surface area contributed by atoms with Crippen molar-refractivity contribution in [1.29, 1.82) is 0 Å². The van der Waals surface area contributed by atoms with Crippen LogP contribution in [0.1, 0.15) is 28.8 Å². The zero-order valence-electron chi connectivity index (χ0n) is 15.3. The maximum atomic E-state index is 12.9. The number of rotatable bonds is 7. The SMILES string of the molecule is Cc1ccc(NC(=O)CCC(=O)c2ccc(F)cc2)cc1S(=O)(=O)N(C)C. The van der Waals surface area contributed by atoms with Gasteiger partial charge in [0.2, 0.25) is 15.9 Å². The number of carbonyl (C=O) groups is 2. The molecule has 2 aromatic rings. The summed E-state index contributed by atoms with van der Waals surface area (Å²) in [6.45, 7) is 1.67. The minimum Gasteiger partial charge on any atom is -0.326 e. The van der Waals surface area contributed by atoms with Gasteiger partial charge in [-0.25, -0.2) is 17.1 Å². The smallest absolute Gasteiger partial charge is 0.242 e. The molecule has 0 fully saturated rings. The van der Waals surface area contributed by atoms with Crippen molar-refractivity contribution in [2.24, 2.45) is 0 Å². The number of halogens is 1. The molecule has 0 unspecified atom stereocenters. The van der Waals surface area contributed by atoms with Gasteiger partial charge in [-0.15, -0.1) is 0 Å². The molecule has 0 spiro atoms. The average molecular weight is 392 g/mol. The summed E-state index contributed by atoms with van der Waals surface area (Å²) in [5, 5.41) is 2.60. The van der Waals surface area contributed by atoms with E-state index >= 15 is 0 Å². The number of aryl methyl sites for hydroxylation is 1. The number of sulfonamides is 1. The summed E-state index contributed by atoms with van der Waals surface area (Å²) in [7, 11) is -0.771. The van der Waals surface area contributed by atoms with Gasteiger partial charge in [-0.1, -0.05) is 6.07 Å². The first-order chi connectivity index (χ1) is 12.6. The predicted molar refractivity (Wildman–Crippen MR) is 101 cm³/mol. The molecule has 1 amide bonds. The third-order valence-electron chi connectivity index (χ3n) is 3.98. The standard InChI is InChI=1S/C19H21FN2O4S/c1-13-4-9-16(12-18(13)27(25,26)22(2)3)21-19(24)11-10-17(23)14-5-7-15(20)8-6-14/h4-9,12H,10-11H2,1-3H3,(H,21,24). The van der Waals surface area contributed by atoms with Crippen molar-refractivity contribution in [3.8, 4) is 0 Å². The second-order valence-electron chi connectivity index (χ2n) is 6.25. The molecule has 0 aliphatic rings. The van der Waals surface area contributed by atoms with Crippen LogP contribution in [0.2, 0.25) is 0 Å². The van der Waals surface area contributed by atoms with Gasteiger partial charge < -0.3 is 5.32 Å². The predicted octanol–water partition coefficient (Wildman–Crippen LogP) is 2.99.